The molecule has 2 rings (SSSR count). The summed E-state index contributed by atoms with van der Waals surface area (Å²) in [5.74, 6) is 0.169. The topological polar surface area (TPSA) is 57.6 Å². The van der Waals surface area contributed by atoms with Crippen molar-refractivity contribution in [3.8, 4) is 0 Å². The van der Waals surface area contributed by atoms with Crippen molar-refractivity contribution in [1.29, 1.82) is 0 Å². The van der Waals surface area contributed by atoms with E-state index in [0.29, 0.717) is 19.4 Å². The molecule has 1 aliphatic carbocycles. The van der Waals surface area contributed by atoms with Crippen LogP contribution >= 0.6 is 0 Å². The van der Waals surface area contributed by atoms with Gasteiger partial charge in [-0.05, 0) is 11.8 Å². The Morgan fingerprint density at radius 1 is 1.53 bits per heavy atom. The lowest BCUT2D eigenvalue weighted by Crippen LogP contribution is -2.67. The number of amides is 1. The molecule has 2 atom stereocenters. The van der Waals surface area contributed by atoms with Crippen LogP contribution < -0.4 is 0 Å². The normalized spacial score (nSPS) is 35.0. The fourth-order valence-corrected chi connectivity index (χ4v) is 3.25. The van der Waals surface area contributed by atoms with E-state index in [1.807, 2.05) is 20.8 Å². The highest BCUT2D eigenvalue weighted by Gasteiger charge is 2.67. The number of Topliss-reactive ketones (excluding diaryl/α,β-unsaturated/α-hetero) is 1. The van der Waals surface area contributed by atoms with Crippen molar-refractivity contribution in [1.82, 2.24) is 4.90 Å². The van der Waals surface area contributed by atoms with Gasteiger partial charge in [0.05, 0.1) is 5.54 Å². The minimum atomic E-state index is -0.889. The molecule has 0 aromatic heterocycles. The number of carbonyl (C=O) groups excluding carboxylic acids is 1. The summed E-state index contributed by atoms with van der Waals surface area (Å²) in [6.07, 6.45) is 0.204. The van der Waals surface area contributed by atoms with E-state index in [2.05, 4.69) is 0 Å². The van der Waals surface area contributed by atoms with Gasteiger partial charge in [0.25, 0.3) is 0 Å². The number of likely N-dealkylation sites (tertiary alicyclic amines) is 1. The average Bonchev–Trinajstić information content (AvgIpc) is 2.37. The summed E-state index contributed by atoms with van der Waals surface area (Å²) >= 11 is 0. The molecule has 1 heterocycles. The van der Waals surface area contributed by atoms with Crippen molar-refractivity contribution in [3.05, 3.63) is 0 Å². The quantitative estimate of drug-likeness (QED) is 0.664. The van der Waals surface area contributed by atoms with Crippen LogP contribution in [-0.2, 0) is 4.79 Å². The predicted molar refractivity (Wildman–Crippen MR) is 54.6 cm³/mol. The van der Waals surface area contributed by atoms with E-state index in [0.717, 1.165) is 0 Å². The molecule has 1 saturated carbocycles. The van der Waals surface area contributed by atoms with E-state index < -0.39 is 11.6 Å². The maximum atomic E-state index is 11.5. The molecule has 0 aromatic rings. The van der Waals surface area contributed by atoms with Crippen molar-refractivity contribution < 1.29 is 14.7 Å². The summed E-state index contributed by atoms with van der Waals surface area (Å²) < 4.78 is 0. The zero-order valence-electron chi connectivity index (χ0n) is 9.41. The maximum Gasteiger partial charge on any atom is 0.407 e. The summed E-state index contributed by atoms with van der Waals surface area (Å²) in [5, 5.41) is 9.16. The van der Waals surface area contributed by atoms with Crippen LogP contribution in [-0.4, -0.2) is 34.0 Å². The lowest BCUT2D eigenvalue weighted by atomic mass is 9.54. The zero-order valence-corrected chi connectivity index (χ0v) is 9.41. The molecule has 0 aromatic carbocycles. The second-order valence-corrected chi connectivity index (χ2v) is 5.59. The van der Waals surface area contributed by atoms with Crippen molar-refractivity contribution >= 4 is 11.9 Å². The first-order valence-corrected chi connectivity index (χ1v) is 5.34. The van der Waals surface area contributed by atoms with Crippen molar-refractivity contribution in [2.75, 3.05) is 6.54 Å². The Hall–Kier alpha value is -1.06. The number of nitrogens with zero attached hydrogens (tertiary/aromatic N) is 1. The zero-order chi connectivity index (χ0) is 11.4. The molecule has 0 spiro atoms. The Morgan fingerprint density at radius 3 is 2.53 bits per heavy atom. The smallest absolute Gasteiger partial charge is 0.407 e. The minimum Gasteiger partial charge on any atom is -0.465 e. The number of hydrogen-bond donors (Lipinski definition) is 1. The molecule has 0 unspecified atom stereocenters. The van der Waals surface area contributed by atoms with Crippen molar-refractivity contribution in [3.63, 3.8) is 0 Å². The van der Waals surface area contributed by atoms with Gasteiger partial charge in [0, 0.05) is 18.9 Å². The average molecular weight is 211 g/mol. The van der Waals surface area contributed by atoms with Crippen LogP contribution in [0, 0.1) is 11.3 Å². The van der Waals surface area contributed by atoms with Gasteiger partial charge in [0.15, 0.2) is 0 Å². The molecule has 4 nitrogen and oxygen atoms in total. The van der Waals surface area contributed by atoms with Gasteiger partial charge in [-0.1, -0.05) is 20.8 Å². The van der Waals surface area contributed by atoms with Gasteiger partial charge in [-0.2, -0.15) is 0 Å². The molecule has 1 N–H and O–H groups in total. The number of hydrogen-bond acceptors (Lipinski definition) is 2. The molecule has 0 bridgehead atoms. The molecule has 1 saturated heterocycles. The monoisotopic (exact) mass is 211 g/mol. The summed E-state index contributed by atoms with van der Waals surface area (Å²) in [6.45, 7) is 6.57. The molecule has 4 heteroatoms. The SMILES string of the molecule is CC(C)(C)[C@]12CC(=O)[C@H]1CCN2C(=O)O. The van der Waals surface area contributed by atoms with Crippen molar-refractivity contribution in [2.24, 2.45) is 11.3 Å². The fourth-order valence-electron chi connectivity index (χ4n) is 3.25. The lowest BCUT2D eigenvalue weighted by molar-refractivity contribution is -0.148. The van der Waals surface area contributed by atoms with E-state index in [1.54, 1.807) is 0 Å². The predicted octanol–water partition coefficient (Wildman–Crippen LogP) is 1.74. The third-order valence-corrected chi connectivity index (χ3v) is 4.06. The van der Waals surface area contributed by atoms with Crippen LogP contribution in [0.2, 0.25) is 0 Å². The number of rotatable bonds is 0. The first-order chi connectivity index (χ1) is 6.80. The molecular weight excluding hydrogens is 194 g/mol. The third-order valence-electron chi connectivity index (χ3n) is 4.06. The number of carboxylic acid groups (broad SMARTS) is 1. The Morgan fingerprint density at radius 2 is 2.13 bits per heavy atom. The van der Waals surface area contributed by atoms with Crippen LogP contribution in [0.5, 0.6) is 0 Å². The van der Waals surface area contributed by atoms with E-state index in [9.17, 15) is 9.59 Å². The van der Waals surface area contributed by atoms with Gasteiger partial charge in [-0.3, -0.25) is 4.79 Å². The first-order valence-electron chi connectivity index (χ1n) is 5.34. The highest BCUT2D eigenvalue weighted by molar-refractivity contribution is 5.93. The largest absolute Gasteiger partial charge is 0.465 e. The van der Waals surface area contributed by atoms with E-state index in [4.69, 9.17) is 5.11 Å². The van der Waals surface area contributed by atoms with Crippen LogP contribution in [0.25, 0.3) is 0 Å². The molecule has 2 aliphatic rings. The van der Waals surface area contributed by atoms with Gasteiger partial charge in [-0.25, -0.2) is 4.79 Å². The van der Waals surface area contributed by atoms with Gasteiger partial charge in [0.2, 0.25) is 0 Å². The number of ketones is 1. The van der Waals surface area contributed by atoms with E-state index in [-0.39, 0.29) is 17.1 Å². The Labute approximate surface area is 89.3 Å². The summed E-state index contributed by atoms with van der Waals surface area (Å²) in [4.78, 5) is 24.2. The fraction of sp³-hybridized carbons (Fsp3) is 0.818. The second-order valence-electron chi connectivity index (χ2n) is 5.59. The molecule has 2 fully saturated rings. The molecular formula is C11H17NO3. The van der Waals surface area contributed by atoms with Crippen LogP contribution in [0.4, 0.5) is 4.79 Å². The maximum absolute atomic E-state index is 11.5. The molecule has 84 valence electrons. The van der Waals surface area contributed by atoms with E-state index >= 15 is 0 Å². The molecule has 1 aliphatic heterocycles. The summed E-state index contributed by atoms with van der Waals surface area (Å²) in [7, 11) is 0. The first kappa shape index (κ1) is 10.5. The number of fused-ring (bicyclic) bond motifs is 1. The third kappa shape index (κ3) is 1.08. The highest BCUT2D eigenvalue weighted by atomic mass is 16.4. The van der Waals surface area contributed by atoms with Gasteiger partial charge < -0.3 is 10.0 Å². The highest BCUT2D eigenvalue weighted by Crippen LogP contribution is 2.56. The van der Waals surface area contributed by atoms with E-state index in [1.165, 1.54) is 4.90 Å². The van der Waals surface area contributed by atoms with Crippen LogP contribution in [0.3, 0.4) is 0 Å². The van der Waals surface area contributed by atoms with Gasteiger partial charge in [-0.15, -0.1) is 0 Å². The second kappa shape index (κ2) is 2.74. The minimum absolute atomic E-state index is 0.0615. The molecule has 15 heavy (non-hydrogen) atoms. The van der Waals surface area contributed by atoms with Crippen LogP contribution in [0.1, 0.15) is 33.6 Å². The van der Waals surface area contributed by atoms with Crippen LogP contribution in [0.15, 0.2) is 0 Å². The van der Waals surface area contributed by atoms with Crippen molar-refractivity contribution in [2.45, 2.75) is 39.2 Å². The Kier molecular flexibility index (Phi) is 1.91. The van der Waals surface area contributed by atoms with Gasteiger partial charge >= 0.3 is 6.09 Å². The summed E-state index contributed by atoms with van der Waals surface area (Å²) in [5.41, 5.74) is -0.601. The Balaban J connectivity index is 2.40. The van der Waals surface area contributed by atoms with Gasteiger partial charge in [0.1, 0.15) is 5.78 Å². The number of carbonyl (C=O) groups is 2. The lowest BCUT2D eigenvalue weighted by Gasteiger charge is -2.55. The summed E-state index contributed by atoms with van der Waals surface area (Å²) in [6, 6.07) is 0. The molecule has 1 amide bonds. The molecule has 0 radical (unpaired) electrons. The standard InChI is InChI=1S/C11H17NO3/c1-10(2,3)11-6-8(13)7(11)4-5-12(11)9(14)15/h7H,4-6H2,1-3H3,(H,14,15)/t7-,11+/m1/s1. The Bertz CT molecular complexity index is 331.